The number of hydrazine groups is 1. The van der Waals surface area contributed by atoms with E-state index in [1.165, 1.54) is 0 Å². The van der Waals surface area contributed by atoms with Gasteiger partial charge in [-0.2, -0.15) is 0 Å². The van der Waals surface area contributed by atoms with Crippen LogP contribution in [-0.2, 0) is 16.1 Å². The van der Waals surface area contributed by atoms with Crippen molar-refractivity contribution in [2.75, 3.05) is 26.7 Å². The van der Waals surface area contributed by atoms with Crippen molar-refractivity contribution in [1.82, 2.24) is 21.1 Å². The number of nitrogens with zero attached hydrogens (tertiary/aromatic N) is 1. The number of carbonyl (C=O) groups is 2. The lowest BCUT2D eigenvalue weighted by Crippen LogP contribution is -2.57. The van der Waals surface area contributed by atoms with Crippen molar-refractivity contribution >= 4 is 11.8 Å². The molecule has 2 atom stereocenters. The Morgan fingerprint density at radius 1 is 1.36 bits per heavy atom. The summed E-state index contributed by atoms with van der Waals surface area (Å²) >= 11 is 0. The molecule has 7 nitrogen and oxygen atoms in total. The van der Waals surface area contributed by atoms with Gasteiger partial charge in [0, 0.05) is 32.1 Å². The first kappa shape index (κ1) is 17.7. The van der Waals surface area contributed by atoms with E-state index >= 15 is 0 Å². The van der Waals surface area contributed by atoms with Gasteiger partial charge in [-0.25, -0.2) is 5.43 Å². The zero-order valence-corrected chi connectivity index (χ0v) is 14.6. The minimum atomic E-state index is -0.0167. The van der Waals surface area contributed by atoms with Crippen molar-refractivity contribution in [1.29, 1.82) is 0 Å². The SMILES string of the molecule is COc1ccc(CNC(=O)C2CCCN(C3CNNC(=O)C3)C2)cc1. The smallest absolute Gasteiger partial charge is 0.235 e. The molecule has 25 heavy (non-hydrogen) atoms. The van der Waals surface area contributed by atoms with Crippen LogP contribution < -0.4 is 20.9 Å². The Balaban J connectivity index is 1.50. The second-order valence-corrected chi connectivity index (χ2v) is 6.69. The first-order valence-electron chi connectivity index (χ1n) is 8.82. The number of hydrogen-bond donors (Lipinski definition) is 3. The molecular weight excluding hydrogens is 320 g/mol. The molecule has 3 rings (SSSR count). The predicted octanol–water partition coefficient (Wildman–Crippen LogP) is 0.417. The molecule has 136 valence electrons. The highest BCUT2D eigenvalue weighted by Crippen LogP contribution is 2.21. The zero-order valence-electron chi connectivity index (χ0n) is 14.6. The number of methoxy groups -OCH3 is 1. The van der Waals surface area contributed by atoms with Crippen LogP contribution in [0.2, 0.25) is 0 Å². The lowest BCUT2D eigenvalue weighted by molar-refractivity contribution is -0.128. The Morgan fingerprint density at radius 2 is 2.16 bits per heavy atom. The van der Waals surface area contributed by atoms with Crippen molar-refractivity contribution in [2.45, 2.75) is 31.8 Å². The van der Waals surface area contributed by atoms with Crippen molar-refractivity contribution in [3.05, 3.63) is 29.8 Å². The molecule has 0 spiro atoms. The predicted molar refractivity (Wildman–Crippen MR) is 93.7 cm³/mol. The van der Waals surface area contributed by atoms with Crippen LogP contribution in [-0.4, -0.2) is 49.5 Å². The Morgan fingerprint density at radius 3 is 2.88 bits per heavy atom. The summed E-state index contributed by atoms with van der Waals surface area (Å²) < 4.78 is 5.14. The summed E-state index contributed by atoms with van der Waals surface area (Å²) in [6.07, 6.45) is 2.38. The minimum Gasteiger partial charge on any atom is -0.497 e. The van der Waals surface area contributed by atoms with Gasteiger partial charge in [0.05, 0.1) is 13.0 Å². The topological polar surface area (TPSA) is 82.7 Å². The summed E-state index contributed by atoms with van der Waals surface area (Å²) in [5.41, 5.74) is 6.61. The Hall–Kier alpha value is -2.12. The fourth-order valence-electron chi connectivity index (χ4n) is 3.49. The van der Waals surface area contributed by atoms with E-state index in [0.717, 1.165) is 37.2 Å². The van der Waals surface area contributed by atoms with E-state index in [2.05, 4.69) is 21.1 Å². The molecule has 2 unspecified atom stereocenters. The minimum absolute atomic E-state index is 0.0160. The average Bonchev–Trinajstić information content (AvgIpc) is 2.66. The van der Waals surface area contributed by atoms with Gasteiger partial charge >= 0.3 is 0 Å². The third-order valence-electron chi connectivity index (χ3n) is 4.95. The highest BCUT2D eigenvalue weighted by molar-refractivity contribution is 5.79. The molecule has 0 bridgehead atoms. The van der Waals surface area contributed by atoms with Crippen molar-refractivity contribution < 1.29 is 14.3 Å². The van der Waals surface area contributed by atoms with Gasteiger partial charge in [-0.3, -0.25) is 19.9 Å². The van der Waals surface area contributed by atoms with Crippen LogP contribution in [0.3, 0.4) is 0 Å². The third-order valence-corrected chi connectivity index (χ3v) is 4.95. The monoisotopic (exact) mass is 346 g/mol. The van der Waals surface area contributed by atoms with Gasteiger partial charge in [0.2, 0.25) is 11.8 Å². The number of amides is 2. The van der Waals surface area contributed by atoms with Crippen LogP contribution in [0.5, 0.6) is 5.75 Å². The van der Waals surface area contributed by atoms with Crippen LogP contribution >= 0.6 is 0 Å². The molecule has 0 saturated carbocycles. The van der Waals surface area contributed by atoms with Gasteiger partial charge in [-0.05, 0) is 37.1 Å². The van der Waals surface area contributed by atoms with E-state index in [-0.39, 0.29) is 23.8 Å². The van der Waals surface area contributed by atoms with Gasteiger partial charge in [0.25, 0.3) is 0 Å². The van der Waals surface area contributed by atoms with Gasteiger partial charge in [-0.15, -0.1) is 0 Å². The summed E-state index contributed by atoms with van der Waals surface area (Å²) in [5, 5.41) is 3.04. The van der Waals surface area contributed by atoms with Crippen LogP contribution in [0.4, 0.5) is 0 Å². The average molecular weight is 346 g/mol. The van der Waals surface area contributed by atoms with E-state index in [1.807, 2.05) is 24.3 Å². The van der Waals surface area contributed by atoms with Crippen molar-refractivity contribution in [3.8, 4) is 5.75 Å². The Bertz CT molecular complexity index is 605. The number of nitrogens with one attached hydrogen (secondary N) is 3. The second kappa shape index (κ2) is 8.31. The van der Waals surface area contributed by atoms with E-state index in [0.29, 0.717) is 19.5 Å². The number of rotatable bonds is 5. The molecule has 0 radical (unpaired) electrons. The Labute approximate surface area is 148 Å². The van der Waals surface area contributed by atoms with Crippen molar-refractivity contribution in [3.63, 3.8) is 0 Å². The van der Waals surface area contributed by atoms with Gasteiger partial charge < -0.3 is 10.1 Å². The lowest BCUT2D eigenvalue weighted by atomic mass is 9.94. The number of likely N-dealkylation sites (tertiary alicyclic amines) is 1. The number of hydrogen-bond acceptors (Lipinski definition) is 5. The summed E-state index contributed by atoms with van der Waals surface area (Å²) in [6, 6.07) is 7.87. The van der Waals surface area contributed by atoms with Gasteiger partial charge in [0.15, 0.2) is 0 Å². The number of benzene rings is 1. The van der Waals surface area contributed by atoms with E-state index in [4.69, 9.17) is 4.74 Å². The van der Waals surface area contributed by atoms with Crippen LogP contribution in [0, 0.1) is 5.92 Å². The standard InChI is InChI=1S/C18H26N4O3/c1-25-16-6-4-13(5-7-16)10-19-18(24)14-3-2-8-22(12-14)15-9-17(23)21-20-11-15/h4-7,14-15,20H,2-3,8-12H2,1H3,(H,19,24)(H,21,23). The zero-order chi connectivity index (χ0) is 17.6. The number of piperidine rings is 1. The first-order chi connectivity index (χ1) is 12.2. The van der Waals surface area contributed by atoms with E-state index in [9.17, 15) is 9.59 Å². The second-order valence-electron chi connectivity index (χ2n) is 6.69. The largest absolute Gasteiger partial charge is 0.497 e. The normalized spacial score (nSPS) is 24.4. The molecule has 7 heteroatoms. The molecule has 2 aliphatic rings. The highest BCUT2D eigenvalue weighted by atomic mass is 16.5. The fourth-order valence-corrected chi connectivity index (χ4v) is 3.49. The summed E-state index contributed by atoms with van der Waals surface area (Å²) in [6.45, 7) is 2.91. The fraction of sp³-hybridized carbons (Fsp3) is 0.556. The molecule has 2 amide bonds. The molecule has 2 heterocycles. The van der Waals surface area contributed by atoms with Gasteiger partial charge in [0.1, 0.15) is 5.75 Å². The molecule has 0 aromatic heterocycles. The maximum absolute atomic E-state index is 12.5. The summed E-state index contributed by atoms with van der Waals surface area (Å²) in [5.74, 6) is 0.899. The highest BCUT2D eigenvalue weighted by Gasteiger charge is 2.32. The molecule has 2 aliphatic heterocycles. The Kier molecular flexibility index (Phi) is 5.88. The maximum Gasteiger partial charge on any atom is 0.235 e. The molecule has 1 aromatic rings. The molecule has 2 fully saturated rings. The number of carbonyl (C=O) groups excluding carboxylic acids is 2. The quantitative estimate of drug-likeness (QED) is 0.720. The summed E-state index contributed by atoms with van der Waals surface area (Å²) in [4.78, 5) is 26.3. The van der Waals surface area contributed by atoms with Crippen molar-refractivity contribution in [2.24, 2.45) is 5.92 Å². The molecule has 2 saturated heterocycles. The summed E-state index contributed by atoms with van der Waals surface area (Å²) in [7, 11) is 1.64. The molecular formula is C18H26N4O3. The lowest BCUT2D eigenvalue weighted by Gasteiger charge is -2.39. The first-order valence-corrected chi connectivity index (χ1v) is 8.82. The van der Waals surface area contributed by atoms with Crippen LogP contribution in [0.15, 0.2) is 24.3 Å². The molecule has 3 N–H and O–H groups in total. The van der Waals surface area contributed by atoms with Crippen LogP contribution in [0.1, 0.15) is 24.8 Å². The van der Waals surface area contributed by atoms with Crippen LogP contribution in [0.25, 0.3) is 0 Å². The molecule has 0 aliphatic carbocycles. The third kappa shape index (κ3) is 4.70. The van der Waals surface area contributed by atoms with Gasteiger partial charge in [-0.1, -0.05) is 12.1 Å². The maximum atomic E-state index is 12.5. The van der Waals surface area contributed by atoms with E-state index < -0.39 is 0 Å². The molecule has 1 aromatic carbocycles. The number of ether oxygens (including phenoxy) is 1. The van der Waals surface area contributed by atoms with E-state index in [1.54, 1.807) is 7.11 Å².